The number of anilines is 1. The SMILES string of the molecule is CC1CCC(NC(=O)c2ccc(NC(=O)c3ccco3)cc2)CC1. The van der Waals surface area contributed by atoms with E-state index in [4.69, 9.17) is 4.42 Å². The number of carbonyl (C=O) groups excluding carboxylic acids is 2. The van der Waals surface area contributed by atoms with Crippen molar-refractivity contribution in [3.8, 4) is 0 Å². The minimum Gasteiger partial charge on any atom is -0.459 e. The molecule has 24 heavy (non-hydrogen) atoms. The normalized spacial score (nSPS) is 20.4. The molecule has 1 fully saturated rings. The van der Waals surface area contributed by atoms with E-state index in [1.54, 1.807) is 36.4 Å². The Morgan fingerprint density at radius 1 is 1.00 bits per heavy atom. The second kappa shape index (κ2) is 7.34. The van der Waals surface area contributed by atoms with Crippen molar-refractivity contribution in [2.24, 2.45) is 5.92 Å². The average molecular weight is 326 g/mol. The molecule has 0 spiro atoms. The first-order chi connectivity index (χ1) is 11.6. The molecule has 1 aromatic heterocycles. The fraction of sp³-hybridized carbons (Fsp3) is 0.368. The van der Waals surface area contributed by atoms with Crippen LogP contribution < -0.4 is 10.6 Å². The summed E-state index contributed by atoms with van der Waals surface area (Å²) in [6.45, 7) is 2.26. The van der Waals surface area contributed by atoms with Crippen LogP contribution in [0.5, 0.6) is 0 Å². The van der Waals surface area contributed by atoms with E-state index in [1.807, 2.05) is 0 Å². The van der Waals surface area contributed by atoms with Crippen molar-refractivity contribution >= 4 is 17.5 Å². The van der Waals surface area contributed by atoms with Crippen LogP contribution in [-0.4, -0.2) is 17.9 Å². The fourth-order valence-electron chi connectivity index (χ4n) is 2.98. The zero-order valence-corrected chi connectivity index (χ0v) is 13.7. The molecule has 5 nitrogen and oxygen atoms in total. The summed E-state index contributed by atoms with van der Waals surface area (Å²) in [5, 5.41) is 5.83. The minimum absolute atomic E-state index is 0.0570. The van der Waals surface area contributed by atoms with Gasteiger partial charge in [0, 0.05) is 17.3 Å². The van der Waals surface area contributed by atoms with Crippen LogP contribution in [-0.2, 0) is 0 Å². The largest absolute Gasteiger partial charge is 0.459 e. The summed E-state index contributed by atoms with van der Waals surface area (Å²) in [7, 11) is 0. The van der Waals surface area contributed by atoms with E-state index in [0.717, 1.165) is 18.8 Å². The standard InChI is InChI=1S/C19H22N2O3/c1-13-4-8-15(9-5-13)20-18(22)14-6-10-16(11-7-14)21-19(23)17-3-2-12-24-17/h2-3,6-7,10-13,15H,4-5,8-9H2,1H3,(H,20,22)(H,21,23). The maximum Gasteiger partial charge on any atom is 0.291 e. The second-order valence-electron chi connectivity index (χ2n) is 6.44. The van der Waals surface area contributed by atoms with Gasteiger partial charge in [0.05, 0.1) is 6.26 Å². The van der Waals surface area contributed by atoms with Crippen molar-refractivity contribution in [2.75, 3.05) is 5.32 Å². The van der Waals surface area contributed by atoms with E-state index in [2.05, 4.69) is 17.6 Å². The van der Waals surface area contributed by atoms with Gasteiger partial charge in [0.2, 0.25) is 0 Å². The van der Waals surface area contributed by atoms with E-state index >= 15 is 0 Å². The zero-order valence-electron chi connectivity index (χ0n) is 13.7. The quantitative estimate of drug-likeness (QED) is 0.896. The Balaban J connectivity index is 1.55. The van der Waals surface area contributed by atoms with E-state index in [9.17, 15) is 9.59 Å². The van der Waals surface area contributed by atoms with Gasteiger partial charge in [0.25, 0.3) is 11.8 Å². The third kappa shape index (κ3) is 4.04. The fourth-order valence-corrected chi connectivity index (χ4v) is 2.98. The molecule has 2 aromatic rings. The highest BCUT2D eigenvalue weighted by Gasteiger charge is 2.20. The Bertz CT molecular complexity index is 684. The van der Waals surface area contributed by atoms with Gasteiger partial charge in [0.15, 0.2) is 5.76 Å². The summed E-state index contributed by atoms with van der Waals surface area (Å²) in [4.78, 5) is 24.2. The van der Waals surface area contributed by atoms with Gasteiger partial charge in [-0.05, 0) is 68.0 Å². The highest BCUT2D eigenvalue weighted by molar-refractivity contribution is 6.02. The lowest BCUT2D eigenvalue weighted by Crippen LogP contribution is -2.37. The number of benzene rings is 1. The molecule has 1 aromatic carbocycles. The minimum atomic E-state index is -0.312. The summed E-state index contributed by atoms with van der Waals surface area (Å²) >= 11 is 0. The molecule has 0 atom stereocenters. The van der Waals surface area contributed by atoms with Gasteiger partial charge in [-0.25, -0.2) is 0 Å². The predicted molar refractivity (Wildman–Crippen MR) is 92.0 cm³/mol. The van der Waals surface area contributed by atoms with E-state index < -0.39 is 0 Å². The van der Waals surface area contributed by atoms with Crippen LogP contribution in [0.4, 0.5) is 5.69 Å². The number of nitrogens with one attached hydrogen (secondary N) is 2. The zero-order chi connectivity index (χ0) is 16.9. The van der Waals surface area contributed by atoms with Gasteiger partial charge in [-0.1, -0.05) is 6.92 Å². The van der Waals surface area contributed by atoms with Gasteiger partial charge >= 0.3 is 0 Å². The van der Waals surface area contributed by atoms with Crippen molar-refractivity contribution in [3.63, 3.8) is 0 Å². The van der Waals surface area contributed by atoms with Gasteiger partial charge < -0.3 is 15.1 Å². The lowest BCUT2D eigenvalue weighted by atomic mass is 9.87. The monoisotopic (exact) mass is 326 g/mol. The molecule has 1 aliphatic carbocycles. The molecular formula is C19H22N2O3. The van der Waals surface area contributed by atoms with Gasteiger partial charge in [0.1, 0.15) is 0 Å². The number of furan rings is 1. The Morgan fingerprint density at radius 3 is 2.33 bits per heavy atom. The molecule has 0 bridgehead atoms. The van der Waals surface area contributed by atoms with E-state index in [1.165, 1.54) is 19.1 Å². The van der Waals surface area contributed by atoms with Crippen molar-refractivity contribution in [1.29, 1.82) is 0 Å². The summed E-state index contributed by atoms with van der Waals surface area (Å²) in [6, 6.07) is 10.4. The molecule has 1 aliphatic rings. The molecule has 126 valence electrons. The number of amides is 2. The highest BCUT2D eigenvalue weighted by Crippen LogP contribution is 2.23. The molecule has 1 heterocycles. The van der Waals surface area contributed by atoms with Gasteiger partial charge in [-0.15, -0.1) is 0 Å². The van der Waals surface area contributed by atoms with Crippen LogP contribution in [0.3, 0.4) is 0 Å². The van der Waals surface area contributed by atoms with Gasteiger partial charge in [-0.3, -0.25) is 9.59 Å². The van der Waals surface area contributed by atoms with Crippen LogP contribution in [0.2, 0.25) is 0 Å². The summed E-state index contributed by atoms with van der Waals surface area (Å²) < 4.78 is 5.05. The maximum absolute atomic E-state index is 12.3. The Morgan fingerprint density at radius 2 is 1.71 bits per heavy atom. The lowest BCUT2D eigenvalue weighted by molar-refractivity contribution is 0.0922. The third-order valence-electron chi connectivity index (χ3n) is 4.50. The third-order valence-corrected chi connectivity index (χ3v) is 4.50. The average Bonchev–Trinajstić information content (AvgIpc) is 3.12. The molecule has 3 rings (SSSR count). The van der Waals surface area contributed by atoms with Crippen LogP contribution in [0.25, 0.3) is 0 Å². The molecule has 0 aliphatic heterocycles. The van der Waals surface area contributed by atoms with Crippen molar-refractivity contribution in [2.45, 2.75) is 38.6 Å². The smallest absolute Gasteiger partial charge is 0.291 e. The first-order valence-corrected chi connectivity index (χ1v) is 8.37. The number of rotatable bonds is 4. The Kier molecular flexibility index (Phi) is 4.99. The van der Waals surface area contributed by atoms with Crippen molar-refractivity contribution in [3.05, 3.63) is 54.0 Å². The molecule has 0 unspecified atom stereocenters. The van der Waals surface area contributed by atoms with Crippen molar-refractivity contribution in [1.82, 2.24) is 5.32 Å². The highest BCUT2D eigenvalue weighted by atomic mass is 16.3. The number of hydrogen-bond donors (Lipinski definition) is 2. The van der Waals surface area contributed by atoms with Crippen molar-refractivity contribution < 1.29 is 14.0 Å². The van der Waals surface area contributed by atoms with Crippen LogP contribution in [0, 0.1) is 5.92 Å². The van der Waals surface area contributed by atoms with Gasteiger partial charge in [-0.2, -0.15) is 0 Å². The maximum atomic E-state index is 12.3. The van der Waals surface area contributed by atoms with E-state index in [0.29, 0.717) is 11.3 Å². The molecule has 0 saturated heterocycles. The Labute approximate surface area is 141 Å². The summed E-state index contributed by atoms with van der Waals surface area (Å²) in [5.41, 5.74) is 1.23. The molecule has 1 saturated carbocycles. The second-order valence-corrected chi connectivity index (χ2v) is 6.44. The first kappa shape index (κ1) is 16.3. The van der Waals surface area contributed by atoms with Crippen LogP contribution in [0.15, 0.2) is 47.1 Å². The first-order valence-electron chi connectivity index (χ1n) is 8.37. The predicted octanol–water partition coefficient (Wildman–Crippen LogP) is 3.84. The molecule has 5 heteroatoms. The molecule has 2 amide bonds. The molecule has 2 N–H and O–H groups in total. The summed E-state index contributed by atoms with van der Waals surface area (Å²) in [6.07, 6.45) is 5.88. The van der Waals surface area contributed by atoms with Crippen LogP contribution >= 0.6 is 0 Å². The van der Waals surface area contributed by atoms with E-state index in [-0.39, 0.29) is 23.6 Å². The topological polar surface area (TPSA) is 71.3 Å². The number of hydrogen-bond acceptors (Lipinski definition) is 3. The Hall–Kier alpha value is -2.56. The summed E-state index contributed by atoms with van der Waals surface area (Å²) in [5.74, 6) is 0.644. The van der Waals surface area contributed by atoms with Crippen LogP contribution in [0.1, 0.15) is 53.5 Å². The molecule has 0 radical (unpaired) electrons. The molecular weight excluding hydrogens is 304 g/mol. The lowest BCUT2D eigenvalue weighted by Gasteiger charge is -2.26. The number of carbonyl (C=O) groups is 2.